The van der Waals surface area contributed by atoms with E-state index in [1.165, 1.54) is 0 Å². The molecule has 0 heterocycles. The van der Waals surface area contributed by atoms with Gasteiger partial charge in [0, 0.05) is 6.54 Å². The van der Waals surface area contributed by atoms with Crippen LogP contribution in [0.5, 0.6) is 0 Å². The molecule has 0 fully saturated rings. The van der Waals surface area contributed by atoms with E-state index >= 15 is 0 Å². The highest BCUT2D eigenvalue weighted by Crippen LogP contribution is 2.36. The zero-order chi connectivity index (χ0) is 19.3. The van der Waals surface area contributed by atoms with Gasteiger partial charge in [0.05, 0.1) is 17.9 Å². The minimum Gasteiger partial charge on any atom is -0.481 e. The number of aliphatic hydroxyl groups is 1. The summed E-state index contributed by atoms with van der Waals surface area (Å²) in [6, 6.07) is 4.98. The van der Waals surface area contributed by atoms with Crippen LogP contribution < -0.4 is 5.32 Å². The highest BCUT2D eigenvalue weighted by molar-refractivity contribution is 5.81. The van der Waals surface area contributed by atoms with Crippen LogP contribution in [0, 0.1) is 11.8 Å². The number of carboxylic acids is 2. The van der Waals surface area contributed by atoms with Crippen LogP contribution in [-0.2, 0) is 9.59 Å². The van der Waals surface area contributed by atoms with Crippen molar-refractivity contribution in [1.29, 1.82) is 0 Å². The average molecular weight is 351 g/mol. The molecule has 0 spiro atoms. The van der Waals surface area contributed by atoms with Crippen molar-refractivity contribution in [1.82, 2.24) is 5.32 Å². The van der Waals surface area contributed by atoms with Crippen molar-refractivity contribution in [3.8, 4) is 0 Å². The zero-order valence-electron chi connectivity index (χ0n) is 15.5. The molecule has 0 aliphatic rings. The van der Waals surface area contributed by atoms with Gasteiger partial charge in [-0.25, -0.2) is 0 Å². The molecule has 1 aromatic carbocycles. The number of aliphatic hydroxyl groups excluding tert-OH is 1. The lowest BCUT2D eigenvalue weighted by Crippen LogP contribution is -2.25. The smallest absolute Gasteiger partial charge is 0.311 e. The Hall–Kier alpha value is -1.92. The summed E-state index contributed by atoms with van der Waals surface area (Å²) in [5.74, 6) is -4.01. The Bertz CT molecular complexity index is 612. The second-order valence-corrected chi connectivity index (χ2v) is 7.08. The van der Waals surface area contributed by atoms with Gasteiger partial charge in [0.2, 0.25) is 0 Å². The van der Waals surface area contributed by atoms with E-state index in [0.717, 1.165) is 0 Å². The molecule has 4 N–H and O–H groups in total. The van der Waals surface area contributed by atoms with E-state index in [1.54, 1.807) is 52.9 Å². The maximum absolute atomic E-state index is 11.8. The first-order valence-corrected chi connectivity index (χ1v) is 8.53. The molecule has 0 bridgehead atoms. The number of aliphatic carboxylic acids is 2. The predicted molar refractivity (Wildman–Crippen MR) is 95.8 cm³/mol. The molecular formula is C19H29NO5. The quantitative estimate of drug-likeness (QED) is 0.545. The highest BCUT2D eigenvalue weighted by atomic mass is 16.4. The molecule has 1 rings (SSSR count). The van der Waals surface area contributed by atoms with E-state index in [4.69, 9.17) is 0 Å². The molecule has 1 aromatic rings. The number of benzene rings is 1. The molecule has 3 atom stereocenters. The summed E-state index contributed by atoms with van der Waals surface area (Å²) >= 11 is 0. The van der Waals surface area contributed by atoms with Crippen molar-refractivity contribution in [2.24, 2.45) is 11.8 Å². The number of hydrogen-bond acceptors (Lipinski definition) is 4. The lowest BCUT2D eigenvalue weighted by atomic mass is 9.77. The maximum atomic E-state index is 11.8. The topological polar surface area (TPSA) is 107 Å². The molecule has 0 aliphatic carbocycles. The second kappa shape index (κ2) is 8.97. The third kappa shape index (κ3) is 5.03. The lowest BCUT2D eigenvalue weighted by Gasteiger charge is -2.26. The fourth-order valence-corrected chi connectivity index (χ4v) is 3.22. The third-order valence-corrected chi connectivity index (χ3v) is 4.43. The molecule has 0 saturated carbocycles. The Morgan fingerprint density at radius 1 is 0.960 bits per heavy atom. The Labute approximate surface area is 148 Å². The Balaban J connectivity index is 3.60. The fourth-order valence-electron chi connectivity index (χ4n) is 3.22. The second-order valence-electron chi connectivity index (χ2n) is 7.08. The van der Waals surface area contributed by atoms with E-state index in [0.29, 0.717) is 23.2 Å². The highest BCUT2D eigenvalue weighted by Gasteiger charge is 2.33. The molecular weight excluding hydrogens is 322 g/mol. The minimum atomic E-state index is -0.996. The van der Waals surface area contributed by atoms with E-state index in [1.807, 2.05) is 0 Å². The van der Waals surface area contributed by atoms with Crippen LogP contribution in [0.3, 0.4) is 0 Å². The molecule has 25 heavy (non-hydrogen) atoms. The van der Waals surface area contributed by atoms with Gasteiger partial charge in [-0.05, 0) is 35.6 Å². The summed E-state index contributed by atoms with van der Waals surface area (Å²) in [6.45, 7) is 7.52. The van der Waals surface area contributed by atoms with Crippen molar-refractivity contribution in [2.75, 3.05) is 13.6 Å². The van der Waals surface area contributed by atoms with E-state index in [9.17, 15) is 24.9 Å². The van der Waals surface area contributed by atoms with Gasteiger partial charge in [-0.1, -0.05) is 45.9 Å². The van der Waals surface area contributed by atoms with Crippen LogP contribution >= 0.6 is 0 Å². The summed E-state index contributed by atoms with van der Waals surface area (Å²) in [5, 5.41) is 32.4. The Kier molecular flexibility index (Phi) is 7.58. The normalized spacial score (nSPS) is 15.2. The van der Waals surface area contributed by atoms with Crippen LogP contribution in [0.15, 0.2) is 18.2 Å². The Morgan fingerprint density at radius 3 is 1.84 bits per heavy atom. The zero-order valence-corrected chi connectivity index (χ0v) is 15.5. The Morgan fingerprint density at radius 2 is 1.44 bits per heavy atom. The number of rotatable bonds is 9. The summed E-state index contributed by atoms with van der Waals surface area (Å²) in [5.41, 5.74) is 1.55. The van der Waals surface area contributed by atoms with E-state index < -0.39 is 29.9 Å². The summed E-state index contributed by atoms with van der Waals surface area (Å²) in [6.07, 6.45) is -0.790. The molecule has 0 saturated heterocycles. The first-order chi connectivity index (χ1) is 11.6. The first kappa shape index (κ1) is 21.1. The molecule has 0 aromatic heterocycles. The van der Waals surface area contributed by atoms with Crippen molar-refractivity contribution in [3.63, 3.8) is 0 Å². The van der Waals surface area contributed by atoms with Gasteiger partial charge in [-0.2, -0.15) is 0 Å². The largest absolute Gasteiger partial charge is 0.481 e. The van der Waals surface area contributed by atoms with Crippen LogP contribution in [0.2, 0.25) is 0 Å². The molecule has 0 radical (unpaired) electrons. The van der Waals surface area contributed by atoms with Gasteiger partial charge >= 0.3 is 11.9 Å². The van der Waals surface area contributed by atoms with Crippen molar-refractivity contribution < 1.29 is 24.9 Å². The third-order valence-electron chi connectivity index (χ3n) is 4.43. The maximum Gasteiger partial charge on any atom is 0.311 e. The number of likely N-dealkylation sites (N-methyl/N-ethyl adjacent to an activating group) is 1. The number of carbonyl (C=O) groups is 2. The number of nitrogens with one attached hydrogen (secondary N) is 1. The molecule has 6 nitrogen and oxygen atoms in total. The predicted octanol–water partition coefficient (Wildman–Crippen LogP) is 2.59. The van der Waals surface area contributed by atoms with Gasteiger partial charge in [0.25, 0.3) is 0 Å². The summed E-state index contributed by atoms with van der Waals surface area (Å²) in [4.78, 5) is 23.6. The molecule has 6 heteroatoms. The number of hydrogen-bond donors (Lipinski definition) is 4. The van der Waals surface area contributed by atoms with E-state index in [-0.39, 0.29) is 11.8 Å². The molecule has 0 amide bonds. The average Bonchev–Trinajstić information content (AvgIpc) is 2.47. The van der Waals surface area contributed by atoms with E-state index in [2.05, 4.69) is 5.32 Å². The van der Waals surface area contributed by atoms with Gasteiger partial charge < -0.3 is 20.6 Å². The first-order valence-electron chi connectivity index (χ1n) is 8.53. The number of carboxylic acid groups (broad SMARTS) is 2. The fraction of sp³-hybridized carbons (Fsp3) is 0.579. The summed E-state index contributed by atoms with van der Waals surface area (Å²) in [7, 11) is 1.71. The summed E-state index contributed by atoms with van der Waals surface area (Å²) < 4.78 is 0. The lowest BCUT2D eigenvalue weighted by molar-refractivity contribution is -0.141. The van der Waals surface area contributed by atoms with Crippen LogP contribution in [0.25, 0.3) is 0 Å². The van der Waals surface area contributed by atoms with Gasteiger partial charge in [0.1, 0.15) is 0 Å². The van der Waals surface area contributed by atoms with Gasteiger partial charge in [-0.15, -0.1) is 0 Å². The van der Waals surface area contributed by atoms with Crippen LogP contribution in [0.1, 0.15) is 62.3 Å². The molecule has 3 unspecified atom stereocenters. The van der Waals surface area contributed by atoms with Crippen molar-refractivity contribution in [3.05, 3.63) is 34.9 Å². The van der Waals surface area contributed by atoms with Gasteiger partial charge in [-0.3, -0.25) is 9.59 Å². The monoisotopic (exact) mass is 351 g/mol. The molecule has 0 aliphatic heterocycles. The van der Waals surface area contributed by atoms with Crippen molar-refractivity contribution >= 4 is 11.9 Å². The van der Waals surface area contributed by atoms with Crippen molar-refractivity contribution in [2.45, 2.75) is 45.6 Å². The van der Waals surface area contributed by atoms with Gasteiger partial charge in [0.15, 0.2) is 0 Å². The van der Waals surface area contributed by atoms with Crippen LogP contribution in [-0.4, -0.2) is 40.9 Å². The molecule has 140 valence electrons. The van der Waals surface area contributed by atoms with Crippen LogP contribution in [0.4, 0.5) is 0 Å². The minimum absolute atomic E-state index is 0.189. The standard InChI is InChI=1S/C19H29NO5/c1-10(2)16(18(22)23)13-7-6-12(15(21)9-20-5)8-14(13)17(11(3)4)19(24)25/h6-8,10-11,15-17,20-21H,9H2,1-5H3,(H,22,23)(H,24,25). The SMILES string of the molecule is CNCC(O)c1ccc(C(C(=O)O)C(C)C)c(C(C(=O)O)C(C)C)c1.